The molecule has 0 amide bonds. The number of hydrogen-bond acceptors (Lipinski definition) is 7. The summed E-state index contributed by atoms with van der Waals surface area (Å²) >= 11 is 0. The number of carbonyl (C=O) groups is 1. The van der Waals surface area contributed by atoms with Crippen LogP contribution in [0.1, 0.15) is 60.3 Å². The lowest BCUT2D eigenvalue weighted by molar-refractivity contribution is -0.242. The van der Waals surface area contributed by atoms with E-state index in [9.17, 15) is 25.2 Å². The molecule has 1 heterocycles. The van der Waals surface area contributed by atoms with Crippen LogP contribution >= 0.6 is 0 Å². The highest BCUT2D eigenvalue weighted by atomic mass is 16.6. The lowest BCUT2D eigenvalue weighted by atomic mass is 9.58. The Hall–Kier alpha value is -0.730. The molecule has 29 heavy (non-hydrogen) atoms. The first-order valence-electron chi connectivity index (χ1n) is 10.9. The minimum absolute atomic E-state index is 0.00713. The van der Waals surface area contributed by atoms with E-state index in [1.165, 1.54) is 6.92 Å². The first-order chi connectivity index (χ1) is 13.2. The van der Waals surface area contributed by atoms with E-state index in [0.29, 0.717) is 19.3 Å². The normalized spacial score (nSPS) is 61.9. The zero-order valence-electron chi connectivity index (χ0n) is 17.9. The summed E-state index contributed by atoms with van der Waals surface area (Å²) in [5.41, 5.74) is -5.62. The second-order valence-corrected chi connectivity index (χ2v) is 11.5. The third-order valence-electron chi connectivity index (χ3n) is 9.70. The summed E-state index contributed by atoms with van der Waals surface area (Å²) in [4.78, 5) is 12.1. The zero-order chi connectivity index (χ0) is 21.4. The maximum Gasteiger partial charge on any atom is 0.303 e. The van der Waals surface area contributed by atoms with E-state index >= 15 is 0 Å². The van der Waals surface area contributed by atoms with Crippen molar-refractivity contribution in [3.8, 4) is 0 Å². The van der Waals surface area contributed by atoms with Crippen molar-refractivity contribution in [2.24, 2.45) is 28.6 Å². The predicted octanol–water partition coefficient (Wildman–Crippen LogP) is 0.755. The van der Waals surface area contributed by atoms with Gasteiger partial charge in [-0.05, 0) is 51.4 Å². The van der Waals surface area contributed by atoms with Crippen LogP contribution in [0.15, 0.2) is 0 Å². The van der Waals surface area contributed by atoms with Gasteiger partial charge in [0.2, 0.25) is 0 Å². The first kappa shape index (κ1) is 20.2. The van der Waals surface area contributed by atoms with E-state index in [4.69, 9.17) is 9.47 Å². The minimum atomic E-state index is -1.65. The second kappa shape index (κ2) is 5.36. The molecule has 1 aliphatic heterocycles. The third-order valence-corrected chi connectivity index (χ3v) is 9.70. The lowest BCUT2D eigenvalue weighted by Gasteiger charge is -2.50. The largest absolute Gasteiger partial charge is 0.457 e. The molecule has 0 aromatic carbocycles. The molecule has 5 fully saturated rings. The molecular formula is C22H34O7. The van der Waals surface area contributed by atoms with Gasteiger partial charge in [-0.25, -0.2) is 0 Å². The number of ether oxygens (including phenoxy) is 2. The Bertz CT molecular complexity index is 760. The Morgan fingerprint density at radius 2 is 1.76 bits per heavy atom. The molecule has 0 aromatic heterocycles. The van der Waals surface area contributed by atoms with Crippen molar-refractivity contribution in [1.29, 1.82) is 0 Å². The fourth-order valence-electron chi connectivity index (χ4n) is 8.45. The highest BCUT2D eigenvalue weighted by Gasteiger charge is 2.84. The number of hydrogen-bond donors (Lipinski definition) is 4. The fraction of sp³-hybridized carbons (Fsp3) is 0.955. The molecule has 7 nitrogen and oxygen atoms in total. The van der Waals surface area contributed by atoms with Crippen molar-refractivity contribution >= 4 is 5.97 Å². The molecule has 164 valence electrons. The van der Waals surface area contributed by atoms with Gasteiger partial charge in [-0.1, -0.05) is 13.8 Å². The van der Waals surface area contributed by atoms with Gasteiger partial charge in [-0.3, -0.25) is 4.79 Å². The van der Waals surface area contributed by atoms with Crippen molar-refractivity contribution in [3.05, 3.63) is 0 Å². The average Bonchev–Trinajstić information content (AvgIpc) is 3.30. The Kier molecular flexibility index (Phi) is 3.73. The molecule has 1 saturated heterocycles. The highest BCUT2D eigenvalue weighted by molar-refractivity contribution is 5.66. The average molecular weight is 411 g/mol. The van der Waals surface area contributed by atoms with Crippen molar-refractivity contribution in [2.45, 2.75) is 102 Å². The van der Waals surface area contributed by atoms with E-state index in [0.717, 1.165) is 6.42 Å². The molecule has 0 aromatic rings. The Morgan fingerprint density at radius 1 is 1.10 bits per heavy atom. The van der Waals surface area contributed by atoms with Crippen LogP contribution in [-0.4, -0.2) is 67.6 Å². The highest BCUT2D eigenvalue weighted by Crippen LogP contribution is 2.73. The Balaban J connectivity index is 1.74. The van der Waals surface area contributed by atoms with Gasteiger partial charge in [-0.2, -0.15) is 0 Å². The predicted molar refractivity (Wildman–Crippen MR) is 102 cm³/mol. The maximum absolute atomic E-state index is 12.2. The molecule has 4 saturated carbocycles. The van der Waals surface area contributed by atoms with Gasteiger partial charge in [0.1, 0.15) is 5.60 Å². The lowest BCUT2D eigenvalue weighted by Crippen LogP contribution is -2.65. The molecule has 4 aliphatic carbocycles. The molecular weight excluding hydrogens is 376 g/mol. The molecule has 3 unspecified atom stereocenters. The summed E-state index contributed by atoms with van der Waals surface area (Å²) in [7, 11) is 0. The number of esters is 1. The van der Waals surface area contributed by atoms with E-state index in [-0.39, 0.29) is 24.0 Å². The summed E-state index contributed by atoms with van der Waals surface area (Å²) in [5.74, 6) is -1.61. The summed E-state index contributed by atoms with van der Waals surface area (Å²) in [5, 5.41) is 47.1. The second-order valence-electron chi connectivity index (χ2n) is 11.5. The topological polar surface area (TPSA) is 120 Å². The van der Waals surface area contributed by atoms with Gasteiger partial charge < -0.3 is 29.9 Å². The fourth-order valence-corrected chi connectivity index (χ4v) is 8.45. The zero-order valence-corrected chi connectivity index (χ0v) is 17.9. The van der Waals surface area contributed by atoms with Crippen LogP contribution in [0.25, 0.3) is 0 Å². The number of aliphatic hydroxyl groups is 4. The van der Waals surface area contributed by atoms with Crippen LogP contribution in [0.5, 0.6) is 0 Å². The maximum atomic E-state index is 12.2. The Morgan fingerprint density at radius 3 is 2.38 bits per heavy atom. The molecule has 4 N–H and O–H groups in total. The molecule has 7 heteroatoms. The summed E-state index contributed by atoms with van der Waals surface area (Å²) in [6, 6.07) is 0. The molecule has 5 aliphatic rings. The van der Waals surface area contributed by atoms with E-state index in [2.05, 4.69) is 0 Å². The van der Waals surface area contributed by atoms with Crippen molar-refractivity contribution < 1.29 is 34.7 Å². The van der Waals surface area contributed by atoms with Gasteiger partial charge in [0.25, 0.3) is 0 Å². The van der Waals surface area contributed by atoms with Gasteiger partial charge in [0.15, 0.2) is 6.10 Å². The molecule has 5 rings (SSSR count). The van der Waals surface area contributed by atoms with E-state index < -0.39 is 51.7 Å². The van der Waals surface area contributed by atoms with Gasteiger partial charge in [-0.15, -0.1) is 0 Å². The summed E-state index contributed by atoms with van der Waals surface area (Å²) < 4.78 is 11.6. The van der Waals surface area contributed by atoms with Crippen LogP contribution in [0.2, 0.25) is 0 Å². The number of fused-ring (bicyclic) bond motifs is 4. The molecule has 1 spiro atoms. The first-order valence-corrected chi connectivity index (χ1v) is 10.9. The summed E-state index contributed by atoms with van der Waals surface area (Å²) in [6.07, 6.45) is -0.740. The van der Waals surface area contributed by atoms with Crippen LogP contribution in [0.4, 0.5) is 0 Å². The SMILES string of the molecule is CC(=O)O[C@@H]1C(O)C23CC(CC[C@H]2[C@@](C)(O)[C@H]2[C@@H]4O[C@@H]4C(C)(C)[C@@]12O)[C@](C)(O)C3. The number of carbonyl (C=O) groups excluding carboxylic acids is 1. The summed E-state index contributed by atoms with van der Waals surface area (Å²) in [6.45, 7) is 8.53. The van der Waals surface area contributed by atoms with Crippen LogP contribution in [0.3, 0.4) is 0 Å². The van der Waals surface area contributed by atoms with Crippen LogP contribution in [0, 0.1) is 28.6 Å². The monoisotopic (exact) mass is 410 g/mol. The number of epoxide rings is 1. The van der Waals surface area contributed by atoms with Gasteiger partial charge in [0.05, 0.1) is 29.5 Å². The minimum Gasteiger partial charge on any atom is -0.457 e. The van der Waals surface area contributed by atoms with Crippen molar-refractivity contribution in [2.75, 3.05) is 0 Å². The standard InChI is InChI=1S/C22H34O7/c1-10(23)28-17-15(24)21-8-11(19(4,25)9-21)6-7-12(21)20(5,26)14-13-16(29-13)18(2,3)22(14,17)27/h11-17,24-27H,6-9H2,1-5H3/t11?,12-,13-,14+,15?,16-,17+,19+,20+,21?,22-/m0/s1. The third kappa shape index (κ3) is 2.14. The number of aliphatic hydroxyl groups excluding tert-OH is 1. The van der Waals surface area contributed by atoms with Crippen LogP contribution in [-0.2, 0) is 14.3 Å². The number of rotatable bonds is 1. The van der Waals surface area contributed by atoms with Crippen molar-refractivity contribution in [1.82, 2.24) is 0 Å². The molecule has 2 bridgehead atoms. The molecule has 11 atom stereocenters. The molecule has 0 radical (unpaired) electrons. The van der Waals surface area contributed by atoms with Crippen LogP contribution < -0.4 is 0 Å². The van der Waals surface area contributed by atoms with Gasteiger partial charge >= 0.3 is 5.97 Å². The Labute approximate surface area is 171 Å². The van der Waals surface area contributed by atoms with E-state index in [1.54, 1.807) is 13.8 Å². The quantitative estimate of drug-likeness (QED) is 0.372. The van der Waals surface area contributed by atoms with Gasteiger partial charge in [0, 0.05) is 23.7 Å². The van der Waals surface area contributed by atoms with Crippen molar-refractivity contribution in [3.63, 3.8) is 0 Å². The smallest absolute Gasteiger partial charge is 0.303 e. The van der Waals surface area contributed by atoms with E-state index in [1.807, 2.05) is 13.8 Å².